The van der Waals surface area contributed by atoms with Crippen LogP contribution in [0.2, 0.25) is 0 Å². The first-order valence-electron chi connectivity index (χ1n) is 6.91. The molecule has 0 bridgehead atoms. The van der Waals surface area contributed by atoms with Crippen molar-refractivity contribution in [3.05, 3.63) is 28.1 Å². The van der Waals surface area contributed by atoms with E-state index in [0.717, 1.165) is 23.1 Å². The Kier molecular flexibility index (Phi) is 5.99. The molecule has 0 aliphatic carbocycles. The lowest BCUT2D eigenvalue weighted by atomic mass is 10.3. The summed E-state index contributed by atoms with van der Waals surface area (Å²) >= 11 is 2.31. The zero-order valence-electron chi connectivity index (χ0n) is 12.7. The molecular formula is C14H15N3O5S2. The highest BCUT2D eigenvalue weighted by molar-refractivity contribution is 8.04. The molecule has 1 aromatic heterocycles. The van der Waals surface area contributed by atoms with Crippen molar-refractivity contribution in [3.8, 4) is 0 Å². The number of thioether (sulfide) groups is 1. The Morgan fingerprint density at radius 1 is 1.46 bits per heavy atom. The van der Waals surface area contributed by atoms with Gasteiger partial charge in [-0.1, -0.05) is 11.8 Å². The lowest BCUT2D eigenvalue weighted by molar-refractivity contribution is -0.137. The number of carbonyl (C=O) groups excluding carboxylic acids is 4. The first-order valence-corrected chi connectivity index (χ1v) is 8.77. The number of hydrogen-bond donors (Lipinski definition) is 2. The number of ether oxygens (including phenoxy) is 1. The first kappa shape index (κ1) is 18.0. The fourth-order valence-electron chi connectivity index (χ4n) is 1.89. The van der Waals surface area contributed by atoms with Crippen LogP contribution in [0, 0.1) is 0 Å². The summed E-state index contributed by atoms with van der Waals surface area (Å²) in [5, 5.41) is 4.85. The number of nitrogens with one attached hydrogen (secondary N) is 1. The molecule has 3 amide bonds. The van der Waals surface area contributed by atoms with Crippen LogP contribution < -0.4 is 11.1 Å². The van der Waals surface area contributed by atoms with Gasteiger partial charge in [-0.05, 0) is 18.4 Å². The van der Waals surface area contributed by atoms with Crippen LogP contribution in [0.25, 0.3) is 0 Å². The smallest absolute Gasteiger partial charge is 0.333 e. The minimum atomic E-state index is -0.651. The fraction of sp³-hybridized carbons (Fsp3) is 0.286. The average molecular weight is 369 g/mol. The number of nitrogens with two attached hydrogens (primary N) is 1. The summed E-state index contributed by atoms with van der Waals surface area (Å²) in [5.41, 5.74) is 5.42. The lowest BCUT2D eigenvalue weighted by Crippen LogP contribution is -2.34. The number of hydrogen-bond acceptors (Lipinski definition) is 7. The largest absolute Gasteiger partial charge is 0.463 e. The standard InChI is InChI=1S/C14H15N3O5S2/c1-2-22-12(20)5-11-17(10(19)7-24-11)6-9(18)16-14-8(13(15)21)3-4-23-14/h3-5H,2,6-7H2,1H3,(H2,15,21)(H,16,18)/b11-5-. The highest BCUT2D eigenvalue weighted by atomic mass is 32.2. The zero-order chi connectivity index (χ0) is 17.7. The molecule has 128 valence electrons. The fourth-order valence-corrected chi connectivity index (χ4v) is 3.63. The molecule has 1 aliphatic rings. The number of rotatable bonds is 6. The third-order valence-corrected chi connectivity index (χ3v) is 4.78. The van der Waals surface area contributed by atoms with E-state index in [1.165, 1.54) is 17.0 Å². The number of amides is 3. The van der Waals surface area contributed by atoms with E-state index >= 15 is 0 Å². The third-order valence-electron chi connectivity index (χ3n) is 2.92. The average Bonchev–Trinajstić information content (AvgIpc) is 3.09. The molecule has 0 aromatic carbocycles. The minimum absolute atomic E-state index is 0.143. The molecule has 2 rings (SSSR count). The second-order valence-electron chi connectivity index (χ2n) is 4.58. The first-order chi connectivity index (χ1) is 11.4. The molecule has 0 spiro atoms. The molecule has 1 saturated heterocycles. The number of esters is 1. The summed E-state index contributed by atoms with van der Waals surface area (Å²) in [4.78, 5) is 48.0. The summed E-state index contributed by atoms with van der Waals surface area (Å²) in [6.07, 6.45) is 1.19. The topological polar surface area (TPSA) is 119 Å². The normalized spacial score (nSPS) is 15.6. The Hall–Kier alpha value is -2.33. The summed E-state index contributed by atoms with van der Waals surface area (Å²) in [7, 11) is 0. The molecule has 3 N–H and O–H groups in total. The highest BCUT2D eigenvalue weighted by Gasteiger charge is 2.29. The molecule has 24 heavy (non-hydrogen) atoms. The van der Waals surface area contributed by atoms with Crippen LogP contribution in [0.4, 0.5) is 5.00 Å². The van der Waals surface area contributed by atoms with Gasteiger partial charge in [-0.15, -0.1) is 11.3 Å². The van der Waals surface area contributed by atoms with Gasteiger partial charge in [0, 0.05) is 0 Å². The molecule has 1 aliphatic heterocycles. The van der Waals surface area contributed by atoms with Gasteiger partial charge in [-0.3, -0.25) is 19.3 Å². The monoisotopic (exact) mass is 369 g/mol. The minimum Gasteiger partial charge on any atom is -0.463 e. The van der Waals surface area contributed by atoms with Crippen LogP contribution in [0.3, 0.4) is 0 Å². The second kappa shape index (κ2) is 7.97. The number of nitrogens with zero attached hydrogens (tertiary/aromatic N) is 1. The van der Waals surface area contributed by atoms with Crippen molar-refractivity contribution in [2.75, 3.05) is 24.2 Å². The maximum absolute atomic E-state index is 12.1. The van der Waals surface area contributed by atoms with Crippen molar-refractivity contribution < 1.29 is 23.9 Å². The van der Waals surface area contributed by atoms with E-state index < -0.39 is 17.8 Å². The Morgan fingerprint density at radius 3 is 2.88 bits per heavy atom. The van der Waals surface area contributed by atoms with Gasteiger partial charge in [0.15, 0.2) is 0 Å². The molecule has 10 heteroatoms. The predicted molar refractivity (Wildman–Crippen MR) is 90.4 cm³/mol. The van der Waals surface area contributed by atoms with E-state index in [9.17, 15) is 19.2 Å². The van der Waals surface area contributed by atoms with Gasteiger partial charge >= 0.3 is 5.97 Å². The van der Waals surface area contributed by atoms with E-state index in [2.05, 4.69) is 5.32 Å². The predicted octanol–water partition coefficient (Wildman–Crippen LogP) is 0.765. The van der Waals surface area contributed by atoms with E-state index in [1.807, 2.05) is 0 Å². The maximum atomic E-state index is 12.1. The van der Waals surface area contributed by atoms with Gasteiger partial charge < -0.3 is 15.8 Å². The van der Waals surface area contributed by atoms with Crippen molar-refractivity contribution in [2.45, 2.75) is 6.92 Å². The summed E-state index contributed by atoms with van der Waals surface area (Å²) in [6, 6.07) is 1.51. The van der Waals surface area contributed by atoms with Crippen molar-refractivity contribution >= 4 is 51.8 Å². The second-order valence-corrected chi connectivity index (χ2v) is 6.49. The van der Waals surface area contributed by atoms with Crippen LogP contribution in [-0.4, -0.2) is 47.5 Å². The number of carbonyl (C=O) groups is 4. The molecule has 8 nitrogen and oxygen atoms in total. The molecular weight excluding hydrogens is 354 g/mol. The van der Waals surface area contributed by atoms with Gasteiger partial charge in [0.1, 0.15) is 11.5 Å². The van der Waals surface area contributed by atoms with Gasteiger partial charge in [0.2, 0.25) is 11.8 Å². The van der Waals surface area contributed by atoms with Crippen LogP contribution in [0.5, 0.6) is 0 Å². The Balaban J connectivity index is 2.06. The summed E-state index contributed by atoms with van der Waals surface area (Å²) in [5.74, 6) is -1.86. The number of thiophene rings is 1. The Bertz CT molecular complexity index is 713. The van der Waals surface area contributed by atoms with Crippen LogP contribution in [-0.2, 0) is 19.1 Å². The molecule has 0 radical (unpaired) electrons. The zero-order valence-corrected chi connectivity index (χ0v) is 14.4. The van der Waals surface area contributed by atoms with E-state index in [4.69, 9.17) is 10.5 Å². The van der Waals surface area contributed by atoms with E-state index in [-0.39, 0.29) is 30.4 Å². The van der Waals surface area contributed by atoms with Gasteiger partial charge in [0.05, 0.1) is 29.0 Å². The van der Waals surface area contributed by atoms with E-state index in [0.29, 0.717) is 10.0 Å². The molecule has 0 unspecified atom stereocenters. The molecule has 1 aromatic rings. The Morgan fingerprint density at radius 2 is 2.21 bits per heavy atom. The third kappa shape index (κ3) is 4.36. The van der Waals surface area contributed by atoms with Gasteiger partial charge in [-0.25, -0.2) is 4.79 Å². The van der Waals surface area contributed by atoms with Gasteiger partial charge in [0.25, 0.3) is 5.91 Å². The summed E-state index contributed by atoms with van der Waals surface area (Å²) in [6.45, 7) is 1.62. The molecule has 1 fully saturated rings. The highest BCUT2D eigenvalue weighted by Crippen LogP contribution is 2.29. The maximum Gasteiger partial charge on any atom is 0.333 e. The van der Waals surface area contributed by atoms with Crippen LogP contribution in [0.1, 0.15) is 17.3 Å². The molecule has 2 heterocycles. The van der Waals surface area contributed by atoms with Crippen molar-refractivity contribution in [1.82, 2.24) is 4.90 Å². The van der Waals surface area contributed by atoms with Crippen molar-refractivity contribution in [2.24, 2.45) is 5.73 Å². The van der Waals surface area contributed by atoms with Crippen LogP contribution in [0.15, 0.2) is 22.6 Å². The number of primary amides is 1. The summed E-state index contributed by atoms with van der Waals surface area (Å²) < 4.78 is 4.80. The molecule has 0 saturated carbocycles. The quantitative estimate of drug-likeness (QED) is 0.565. The Labute approximate surface area is 146 Å². The molecule has 0 atom stereocenters. The number of anilines is 1. The van der Waals surface area contributed by atoms with E-state index in [1.54, 1.807) is 12.3 Å². The lowest BCUT2D eigenvalue weighted by Gasteiger charge is -2.16. The SMILES string of the molecule is CCOC(=O)/C=C1\SCC(=O)N1CC(=O)Nc1sccc1C(N)=O. The van der Waals surface area contributed by atoms with Crippen LogP contribution >= 0.6 is 23.1 Å². The van der Waals surface area contributed by atoms with Gasteiger partial charge in [-0.2, -0.15) is 0 Å². The van der Waals surface area contributed by atoms with Crippen molar-refractivity contribution in [3.63, 3.8) is 0 Å². The van der Waals surface area contributed by atoms with Crippen molar-refractivity contribution in [1.29, 1.82) is 0 Å².